The Balaban J connectivity index is 1.39. The molecular formula is C28H29N3O4S2. The zero-order valence-corrected chi connectivity index (χ0v) is 21.8. The molecule has 192 valence electrons. The summed E-state index contributed by atoms with van der Waals surface area (Å²) in [7, 11) is 0. The highest BCUT2D eigenvalue weighted by Gasteiger charge is 2.48. The largest absolute Gasteiger partial charge is 0.374 e. The number of nitrogens with zero attached hydrogens (tertiary/aromatic N) is 1. The van der Waals surface area contributed by atoms with Gasteiger partial charge in [-0.3, -0.25) is 10.5 Å². The average molecular weight is 536 g/mol. The first kappa shape index (κ1) is 25.7. The Morgan fingerprint density at radius 1 is 0.784 bits per heavy atom. The molecule has 1 aliphatic heterocycles. The number of H-pyrrole nitrogens is 1. The van der Waals surface area contributed by atoms with Gasteiger partial charge in [-0.05, 0) is 28.9 Å². The molecule has 7 nitrogen and oxygen atoms in total. The zero-order chi connectivity index (χ0) is 25.5. The SMILES string of the molecule is N=c1sc(=S)[nH]n1[C@@H]1O[C@H](COCc2ccccc2)[C@@H](OCc2ccccc2)[C@H]1OCc1ccccc1. The number of aromatic nitrogens is 2. The minimum Gasteiger partial charge on any atom is -0.374 e. The fourth-order valence-corrected chi connectivity index (χ4v) is 5.22. The van der Waals surface area contributed by atoms with Gasteiger partial charge < -0.3 is 18.9 Å². The lowest BCUT2D eigenvalue weighted by molar-refractivity contribution is -0.0941. The van der Waals surface area contributed by atoms with Crippen LogP contribution in [0, 0.1) is 9.36 Å². The topological polar surface area (TPSA) is 81.5 Å². The van der Waals surface area contributed by atoms with Crippen LogP contribution in [0.4, 0.5) is 0 Å². The molecular weight excluding hydrogens is 506 g/mol. The molecule has 0 amide bonds. The summed E-state index contributed by atoms with van der Waals surface area (Å²) in [6.07, 6.45) is -1.95. The van der Waals surface area contributed by atoms with Crippen LogP contribution in [0.25, 0.3) is 0 Å². The van der Waals surface area contributed by atoms with Crippen molar-refractivity contribution in [2.45, 2.75) is 44.4 Å². The minimum atomic E-state index is -0.615. The molecule has 4 atom stereocenters. The van der Waals surface area contributed by atoms with Crippen LogP contribution in [-0.4, -0.2) is 34.7 Å². The number of hydrogen-bond donors (Lipinski definition) is 2. The Bertz CT molecular complexity index is 1360. The fraction of sp³-hybridized carbons (Fsp3) is 0.286. The highest BCUT2D eigenvalue weighted by atomic mass is 32.1. The highest BCUT2D eigenvalue weighted by molar-refractivity contribution is 7.73. The molecule has 9 heteroatoms. The summed E-state index contributed by atoms with van der Waals surface area (Å²) >= 11 is 6.49. The van der Waals surface area contributed by atoms with Crippen molar-refractivity contribution in [3.63, 3.8) is 0 Å². The summed E-state index contributed by atoms with van der Waals surface area (Å²) in [5.41, 5.74) is 3.18. The Kier molecular flexibility index (Phi) is 8.72. The predicted octanol–water partition coefficient (Wildman–Crippen LogP) is 5.37. The van der Waals surface area contributed by atoms with Crippen molar-refractivity contribution in [1.29, 1.82) is 5.41 Å². The van der Waals surface area contributed by atoms with Gasteiger partial charge in [0.1, 0.15) is 18.3 Å². The van der Waals surface area contributed by atoms with E-state index in [9.17, 15) is 0 Å². The molecule has 4 aromatic rings. The molecule has 0 unspecified atom stereocenters. The summed E-state index contributed by atoms with van der Waals surface area (Å²) in [4.78, 5) is 0.260. The smallest absolute Gasteiger partial charge is 0.201 e. The second-order valence-corrected chi connectivity index (χ2v) is 10.4. The van der Waals surface area contributed by atoms with Crippen LogP contribution in [0.2, 0.25) is 0 Å². The molecule has 3 aromatic carbocycles. The molecule has 0 saturated carbocycles. The van der Waals surface area contributed by atoms with Gasteiger partial charge in [0, 0.05) is 0 Å². The van der Waals surface area contributed by atoms with E-state index in [4.69, 9.17) is 36.6 Å². The van der Waals surface area contributed by atoms with E-state index in [1.807, 2.05) is 91.0 Å². The maximum absolute atomic E-state index is 8.44. The van der Waals surface area contributed by atoms with Crippen LogP contribution in [0.5, 0.6) is 0 Å². The summed E-state index contributed by atoms with van der Waals surface area (Å²) < 4.78 is 27.6. The minimum absolute atomic E-state index is 0.260. The van der Waals surface area contributed by atoms with Gasteiger partial charge in [0.25, 0.3) is 0 Å². The lowest BCUT2D eigenvalue weighted by Gasteiger charge is -2.25. The molecule has 0 spiro atoms. The van der Waals surface area contributed by atoms with Crippen molar-refractivity contribution in [3.8, 4) is 0 Å². The molecule has 37 heavy (non-hydrogen) atoms. The third-order valence-electron chi connectivity index (χ3n) is 6.12. The quantitative estimate of drug-likeness (QED) is 0.252. The Labute approximate surface area is 224 Å². The van der Waals surface area contributed by atoms with E-state index in [1.54, 1.807) is 4.68 Å². The van der Waals surface area contributed by atoms with Crippen molar-refractivity contribution in [2.75, 3.05) is 6.61 Å². The van der Waals surface area contributed by atoms with Crippen molar-refractivity contribution in [2.24, 2.45) is 0 Å². The lowest BCUT2D eigenvalue weighted by atomic mass is 10.1. The van der Waals surface area contributed by atoms with Gasteiger partial charge >= 0.3 is 0 Å². The maximum atomic E-state index is 8.44. The van der Waals surface area contributed by atoms with E-state index in [0.29, 0.717) is 30.4 Å². The highest BCUT2D eigenvalue weighted by Crippen LogP contribution is 2.34. The van der Waals surface area contributed by atoms with Crippen LogP contribution in [-0.2, 0) is 38.8 Å². The van der Waals surface area contributed by atoms with Gasteiger partial charge in [-0.2, -0.15) is 0 Å². The van der Waals surface area contributed by atoms with Gasteiger partial charge in [-0.15, -0.1) is 0 Å². The molecule has 2 heterocycles. The standard InChI is InChI=1S/C28H29N3O4S2/c29-27-31(30-28(36)37-27)26-25(34-18-22-14-8-3-9-15-22)24(33-17-21-12-6-2-7-13-21)23(35-26)19-32-16-20-10-4-1-5-11-20/h1-15,23-26,29H,16-19H2,(H,30,36)/t23-,24-,25-,26-/m1/s1. The number of rotatable bonds is 11. The van der Waals surface area contributed by atoms with E-state index in [2.05, 4.69) is 5.10 Å². The number of aromatic amines is 1. The van der Waals surface area contributed by atoms with Crippen LogP contribution in [0.3, 0.4) is 0 Å². The van der Waals surface area contributed by atoms with Crippen molar-refractivity contribution in [1.82, 2.24) is 9.78 Å². The molecule has 1 aliphatic rings. The molecule has 1 aromatic heterocycles. The van der Waals surface area contributed by atoms with E-state index in [-0.39, 0.29) is 4.80 Å². The summed E-state index contributed by atoms with van der Waals surface area (Å²) in [6, 6.07) is 30.0. The number of nitrogens with one attached hydrogen (secondary N) is 2. The normalized spacial score (nSPS) is 21.3. The lowest BCUT2D eigenvalue weighted by Crippen LogP contribution is -2.39. The van der Waals surface area contributed by atoms with Gasteiger partial charge in [-0.25, -0.2) is 4.68 Å². The van der Waals surface area contributed by atoms with Gasteiger partial charge in [0.05, 0.1) is 26.4 Å². The summed E-state index contributed by atoms with van der Waals surface area (Å²) in [5, 5.41) is 11.5. The monoisotopic (exact) mass is 535 g/mol. The van der Waals surface area contributed by atoms with Crippen LogP contribution >= 0.6 is 23.6 Å². The fourth-order valence-electron chi connectivity index (χ4n) is 4.32. The van der Waals surface area contributed by atoms with Gasteiger partial charge in [-0.1, -0.05) is 102 Å². The Hall–Kier alpha value is -2.92. The zero-order valence-electron chi connectivity index (χ0n) is 20.2. The number of ether oxygens (including phenoxy) is 4. The van der Waals surface area contributed by atoms with Crippen LogP contribution in [0.15, 0.2) is 91.0 Å². The van der Waals surface area contributed by atoms with Crippen molar-refractivity contribution < 1.29 is 18.9 Å². The third kappa shape index (κ3) is 6.70. The van der Waals surface area contributed by atoms with Gasteiger partial charge in [0.2, 0.25) is 4.80 Å². The van der Waals surface area contributed by atoms with Crippen LogP contribution in [0.1, 0.15) is 22.9 Å². The third-order valence-corrected chi connectivity index (χ3v) is 7.13. The Morgan fingerprint density at radius 2 is 1.30 bits per heavy atom. The molecule has 0 radical (unpaired) electrons. The maximum Gasteiger partial charge on any atom is 0.201 e. The average Bonchev–Trinajstić information content (AvgIpc) is 3.45. The van der Waals surface area contributed by atoms with Crippen molar-refractivity contribution >= 4 is 23.6 Å². The first-order valence-corrected chi connectivity index (χ1v) is 13.3. The predicted molar refractivity (Wildman–Crippen MR) is 143 cm³/mol. The molecule has 5 rings (SSSR count). The van der Waals surface area contributed by atoms with Gasteiger partial charge in [0.15, 0.2) is 10.2 Å². The van der Waals surface area contributed by atoms with Crippen LogP contribution < -0.4 is 4.80 Å². The van der Waals surface area contributed by atoms with E-state index in [0.717, 1.165) is 16.7 Å². The van der Waals surface area contributed by atoms with E-state index in [1.165, 1.54) is 11.3 Å². The second-order valence-electron chi connectivity index (χ2n) is 8.76. The number of hydrogen-bond acceptors (Lipinski definition) is 7. The molecule has 1 fully saturated rings. The van der Waals surface area contributed by atoms with Crippen molar-refractivity contribution in [3.05, 3.63) is 116 Å². The van der Waals surface area contributed by atoms with E-state index < -0.39 is 24.5 Å². The van der Waals surface area contributed by atoms with E-state index >= 15 is 0 Å². The molecule has 2 N–H and O–H groups in total. The molecule has 0 bridgehead atoms. The molecule has 1 saturated heterocycles. The molecule has 0 aliphatic carbocycles. The first-order chi connectivity index (χ1) is 18.2. The summed E-state index contributed by atoms with van der Waals surface area (Å²) in [6.45, 7) is 1.56. The Morgan fingerprint density at radius 3 is 1.81 bits per heavy atom. The first-order valence-electron chi connectivity index (χ1n) is 12.1. The second kappa shape index (κ2) is 12.6. The number of benzene rings is 3. The summed E-state index contributed by atoms with van der Waals surface area (Å²) in [5.74, 6) is 0.